The molecular formula is C20H16N2O3. The van der Waals surface area contributed by atoms with Crippen LogP contribution in [0.4, 0.5) is 11.4 Å². The minimum atomic E-state index is -0.496. The predicted molar refractivity (Wildman–Crippen MR) is 92.8 cm³/mol. The number of hydrogen-bond acceptors (Lipinski definition) is 3. The number of fused-ring (bicyclic) bond motifs is 3. The zero-order chi connectivity index (χ0) is 17.2. The van der Waals surface area contributed by atoms with Crippen molar-refractivity contribution in [2.45, 2.75) is 31.1 Å². The van der Waals surface area contributed by atoms with E-state index in [1.54, 1.807) is 36.4 Å². The number of nitrogens with one attached hydrogen (secondary N) is 1. The number of rotatable bonds is 1. The molecule has 25 heavy (non-hydrogen) atoms. The van der Waals surface area contributed by atoms with Crippen LogP contribution in [0.5, 0.6) is 0 Å². The fourth-order valence-electron chi connectivity index (χ4n) is 4.44. The third-order valence-electron chi connectivity index (χ3n) is 5.71. The molecule has 2 aromatic carbocycles. The number of benzene rings is 2. The van der Waals surface area contributed by atoms with Gasteiger partial charge in [-0.1, -0.05) is 25.0 Å². The summed E-state index contributed by atoms with van der Waals surface area (Å²) in [5.74, 6) is -0.573. The van der Waals surface area contributed by atoms with E-state index < -0.39 is 5.41 Å². The van der Waals surface area contributed by atoms with E-state index in [4.69, 9.17) is 0 Å². The first-order valence-corrected chi connectivity index (χ1v) is 8.56. The van der Waals surface area contributed by atoms with E-state index in [1.165, 1.54) is 4.90 Å². The first-order valence-electron chi connectivity index (χ1n) is 8.56. The molecule has 1 N–H and O–H groups in total. The van der Waals surface area contributed by atoms with Crippen LogP contribution in [0.3, 0.4) is 0 Å². The molecule has 2 aliphatic heterocycles. The molecule has 0 radical (unpaired) electrons. The van der Waals surface area contributed by atoms with Gasteiger partial charge in [0.05, 0.1) is 22.2 Å². The smallest absolute Gasteiger partial charge is 0.266 e. The first-order chi connectivity index (χ1) is 12.1. The monoisotopic (exact) mass is 332 g/mol. The van der Waals surface area contributed by atoms with Gasteiger partial charge in [-0.25, -0.2) is 4.90 Å². The van der Waals surface area contributed by atoms with Gasteiger partial charge in [-0.3, -0.25) is 14.4 Å². The molecule has 1 aliphatic carbocycles. The van der Waals surface area contributed by atoms with Gasteiger partial charge in [0.1, 0.15) is 0 Å². The number of anilines is 2. The van der Waals surface area contributed by atoms with E-state index in [-0.39, 0.29) is 17.7 Å². The van der Waals surface area contributed by atoms with Crippen molar-refractivity contribution < 1.29 is 14.4 Å². The Morgan fingerprint density at radius 3 is 2.16 bits per heavy atom. The molecule has 5 heteroatoms. The highest BCUT2D eigenvalue weighted by atomic mass is 16.2. The maximum atomic E-state index is 12.7. The molecule has 124 valence electrons. The average molecular weight is 332 g/mol. The molecule has 0 aromatic heterocycles. The molecule has 1 spiro atoms. The molecule has 5 rings (SSSR count). The first kappa shape index (κ1) is 14.4. The fourth-order valence-corrected chi connectivity index (χ4v) is 4.44. The maximum Gasteiger partial charge on any atom is 0.266 e. The molecule has 5 nitrogen and oxygen atoms in total. The molecule has 2 aromatic rings. The van der Waals surface area contributed by atoms with E-state index in [0.29, 0.717) is 16.8 Å². The Labute approximate surface area is 144 Å². The molecule has 0 unspecified atom stereocenters. The van der Waals surface area contributed by atoms with Crippen molar-refractivity contribution in [1.29, 1.82) is 0 Å². The van der Waals surface area contributed by atoms with Crippen LogP contribution in [0.25, 0.3) is 0 Å². The molecule has 0 atom stereocenters. The lowest BCUT2D eigenvalue weighted by Gasteiger charge is -2.22. The van der Waals surface area contributed by atoms with Crippen molar-refractivity contribution in [3.05, 3.63) is 59.2 Å². The van der Waals surface area contributed by atoms with E-state index in [1.807, 2.05) is 6.07 Å². The molecule has 0 saturated heterocycles. The number of amides is 3. The van der Waals surface area contributed by atoms with Gasteiger partial charge in [-0.15, -0.1) is 0 Å². The summed E-state index contributed by atoms with van der Waals surface area (Å²) in [6.07, 6.45) is 3.67. The summed E-state index contributed by atoms with van der Waals surface area (Å²) < 4.78 is 0. The Bertz CT molecular complexity index is 922. The maximum absolute atomic E-state index is 12.7. The second-order valence-corrected chi connectivity index (χ2v) is 6.96. The van der Waals surface area contributed by atoms with Crippen LogP contribution in [-0.2, 0) is 10.2 Å². The number of carbonyl (C=O) groups excluding carboxylic acids is 3. The molecular weight excluding hydrogens is 316 g/mol. The summed E-state index contributed by atoms with van der Waals surface area (Å²) in [6, 6.07) is 12.2. The Morgan fingerprint density at radius 1 is 0.880 bits per heavy atom. The minimum Gasteiger partial charge on any atom is -0.325 e. The SMILES string of the molecule is O=C1c2ccccc2C(=O)N1c1ccc2c(c1)C1(CCCC1)C(=O)N2. The Hall–Kier alpha value is -2.95. The van der Waals surface area contributed by atoms with Crippen LogP contribution >= 0.6 is 0 Å². The van der Waals surface area contributed by atoms with Crippen molar-refractivity contribution in [3.63, 3.8) is 0 Å². The number of imide groups is 1. The van der Waals surface area contributed by atoms with E-state index >= 15 is 0 Å². The number of hydrogen-bond donors (Lipinski definition) is 1. The summed E-state index contributed by atoms with van der Waals surface area (Å²) in [5.41, 5.74) is 2.61. The lowest BCUT2D eigenvalue weighted by molar-refractivity contribution is -0.120. The normalized spacial score (nSPS) is 20.2. The predicted octanol–water partition coefficient (Wildman–Crippen LogP) is 3.25. The summed E-state index contributed by atoms with van der Waals surface area (Å²) in [6.45, 7) is 0. The van der Waals surface area contributed by atoms with Crippen LogP contribution in [0.1, 0.15) is 52.0 Å². The van der Waals surface area contributed by atoms with Gasteiger partial charge in [-0.2, -0.15) is 0 Å². The van der Waals surface area contributed by atoms with E-state index in [2.05, 4.69) is 5.32 Å². The zero-order valence-electron chi connectivity index (χ0n) is 13.5. The lowest BCUT2D eigenvalue weighted by atomic mass is 9.80. The molecule has 3 aliphatic rings. The molecule has 1 fully saturated rings. The largest absolute Gasteiger partial charge is 0.325 e. The van der Waals surface area contributed by atoms with Crippen LogP contribution in [0.15, 0.2) is 42.5 Å². The van der Waals surface area contributed by atoms with Crippen molar-refractivity contribution in [3.8, 4) is 0 Å². The van der Waals surface area contributed by atoms with Crippen molar-refractivity contribution >= 4 is 29.1 Å². The highest BCUT2D eigenvalue weighted by Gasteiger charge is 2.49. The average Bonchev–Trinajstić information content (AvgIpc) is 3.28. The van der Waals surface area contributed by atoms with Gasteiger partial charge in [-0.05, 0) is 48.7 Å². The van der Waals surface area contributed by atoms with Gasteiger partial charge in [0.2, 0.25) is 5.91 Å². The number of carbonyl (C=O) groups is 3. The van der Waals surface area contributed by atoms with Crippen molar-refractivity contribution in [1.82, 2.24) is 0 Å². The minimum absolute atomic E-state index is 0.0412. The molecule has 2 heterocycles. The van der Waals surface area contributed by atoms with E-state index in [0.717, 1.165) is 36.9 Å². The van der Waals surface area contributed by atoms with Crippen LogP contribution < -0.4 is 10.2 Å². The summed E-state index contributed by atoms with van der Waals surface area (Å²) in [7, 11) is 0. The molecule has 1 saturated carbocycles. The Kier molecular flexibility index (Phi) is 2.76. The van der Waals surface area contributed by atoms with Crippen LogP contribution in [0.2, 0.25) is 0 Å². The Balaban J connectivity index is 1.62. The topological polar surface area (TPSA) is 66.5 Å². The fraction of sp³-hybridized carbons (Fsp3) is 0.250. The second kappa shape index (κ2) is 4.79. The molecule has 0 bridgehead atoms. The summed E-state index contributed by atoms with van der Waals surface area (Å²) in [4.78, 5) is 39.2. The van der Waals surface area contributed by atoms with Gasteiger partial charge >= 0.3 is 0 Å². The summed E-state index contributed by atoms with van der Waals surface area (Å²) >= 11 is 0. The van der Waals surface area contributed by atoms with E-state index in [9.17, 15) is 14.4 Å². The van der Waals surface area contributed by atoms with Gasteiger partial charge in [0.15, 0.2) is 0 Å². The second-order valence-electron chi connectivity index (χ2n) is 6.96. The van der Waals surface area contributed by atoms with Crippen LogP contribution in [-0.4, -0.2) is 17.7 Å². The third-order valence-corrected chi connectivity index (χ3v) is 5.71. The lowest BCUT2D eigenvalue weighted by Crippen LogP contribution is -2.32. The quantitative estimate of drug-likeness (QED) is 0.815. The van der Waals surface area contributed by atoms with Crippen molar-refractivity contribution in [2.24, 2.45) is 0 Å². The molecule has 3 amide bonds. The zero-order valence-corrected chi connectivity index (χ0v) is 13.5. The standard InChI is InChI=1S/C20H16N2O3/c23-17-13-5-1-2-6-14(13)18(24)22(17)12-7-8-16-15(11-12)20(19(25)21-16)9-3-4-10-20/h1-2,5-8,11H,3-4,9-10H2,(H,21,25). The van der Waals surface area contributed by atoms with Crippen LogP contribution in [0, 0.1) is 0 Å². The van der Waals surface area contributed by atoms with Gasteiger partial charge < -0.3 is 5.32 Å². The number of nitrogens with zero attached hydrogens (tertiary/aromatic N) is 1. The highest BCUT2D eigenvalue weighted by Crippen LogP contribution is 2.50. The van der Waals surface area contributed by atoms with Crippen molar-refractivity contribution in [2.75, 3.05) is 10.2 Å². The summed E-state index contributed by atoms with van der Waals surface area (Å²) in [5, 5.41) is 2.96. The van der Waals surface area contributed by atoms with Gasteiger partial charge in [0.25, 0.3) is 11.8 Å². The Morgan fingerprint density at radius 2 is 1.52 bits per heavy atom. The third kappa shape index (κ3) is 1.75. The van der Waals surface area contributed by atoms with Gasteiger partial charge in [0, 0.05) is 5.69 Å². The highest BCUT2D eigenvalue weighted by molar-refractivity contribution is 6.34.